The molecule has 2 amide bonds. The van der Waals surface area contributed by atoms with E-state index in [-0.39, 0.29) is 17.1 Å². The Hall–Kier alpha value is -1.99. The van der Waals surface area contributed by atoms with Crippen molar-refractivity contribution < 1.29 is 14.3 Å². The van der Waals surface area contributed by atoms with Crippen LogP contribution in [0.15, 0.2) is 51.8 Å². The Balaban J connectivity index is 1.59. The second-order valence-corrected chi connectivity index (χ2v) is 8.29. The van der Waals surface area contributed by atoms with Crippen LogP contribution in [0.4, 0.5) is 5.69 Å². The average molecular weight is 435 g/mol. The SMILES string of the molecule is CC1Sc2ccc(C(=O)N(C)CCOc3ccc(Br)cc3)cc2NC1=O. The number of nitrogens with zero attached hydrogens (tertiary/aromatic N) is 1. The highest BCUT2D eigenvalue weighted by Crippen LogP contribution is 2.36. The Bertz CT molecular complexity index is 826. The Morgan fingerprint density at radius 2 is 2.00 bits per heavy atom. The van der Waals surface area contributed by atoms with E-state index in [4.69, 9.17) is 4.74 Å². The zero-order chi connectivity index (χ0) is 18.7. The molecule has 26 heavy (non-hydrogen) atoms. The lowest BCUT2D eigenvalue weighted by Crippen LogP contribution is -2.31. The number of carbonyl (C=O) groups is 2. The summed E-state index contributed by atoms with van der Waals surface area (Å²) < 4.78 is 6.65. The van der Waals surface area contributed by atoms with Crippen molar-refractivity contribution in [3.63, 3.8) is 0 Å². The molecule has 1 aliphatic heterocycles. The summed E-state index contributed by atoms with van der Waals surface area (Å²) in [7, 11) is 1.74. The van der Waals surface area contributed by atoms with Crippen molar-refractivity contribution in [2.45, 2.75) is 17.1 Å². The summed E-state index contributed by atoms with van der Waals surface area (Å²) in [6, 6.07) is 13.0. The van der Waals surface area contributed by atoms with E-state index < -0.39 is 0 Å². The molecule has 0 radical (unpaired) electrons. The largest absolute Gasteiger partial charge is 0.492 e. The van der Waals surface area contributed by atoms with Gasteiger partial charge in [-0.25, -0.2) is 0 Å². The van der Waals surface area contributed by atoms with Gasteiger partial charge in [0.2, 0.25) is 5.91 Å². The molecule has 1 aliphatic rings. The summed E-state index contributed by atoms with van der Waals surface area (Å²) in [5, 5.41) is 2.73. The number of fused-ring (bicyclic) bond motifs is 1. The molecule has 0 saturated carbocycles. The van der Waals surface area contributed by atoms with E-state index in [0.29, 0.717) is 24.4 Å². The fourth-order valence-corrected chi connectivity index (χ4v) is 3.69. The van der Waals surface area contributed by atoms with Gasteiger partial charge in [0.05, 0.1) is 17.5 Å². The third-order valence-corrected chi connectivity index (χ3v) is 5.72. The van der Waals surface area contributed by atoms with Gasteiger partial charge in [0.25, 0.3) is 5.91 Å². The number of ether oxygens (including phenoxy) is 1. The minimum atomic E-state index is -0.123. The number of rotatable bonds is 5. The van der Waals surface area contributed by atoms with Crippen molar-refractivity contribution in [1.82, 2.24) is 4.90 Å². The van der Waals surface area contributed by atoms with Gasteiger partial charge >= 0.3 is 0 Å². The van der Waals surface area contributed by atoms with E-state index in [1.54, 1.807) is 24.1 Å². The minimum Gasteiger partial charge on any atom is -0.492 e. The van der Waals surface area contributed by atoms with Crippen molar-refractivity contribution >= 4 is 45.2 Å². The van der Waals surface area contributed by atoms with E-state index >= 15 is 0 Å². The summed E-state index contributed by atoms with van der Waals surface area (Å²) in [5.74, 6) is 0.616. The van der Waals surface area contributed by atoms with Gasteiger partial charge in [-0.05, 0) is 49.4 Å². The first-order chi connectivity index (χ1) is 12.4. The first kappa shape index (κ1) is 18.8. The minimum absolute atomic E-state index is 0.0386. The van der Waals surface area contributed by atoms with Gasteiger partial charge in [-0.2, -0.15) is 0 Å². The number of amides is 2. The summed E-state index contributed by atoms with van der Waals surface area (Å²) in [6.07, 6.45) is 0. The van der Waals surface area contributed by atoms with Crippen LogP contribution in [0, 0.1) is 0 Å². The van der Waals surface area contributed by atoms with Crippen molar-refractivity contribution in [3.05, 3.63) is 52.5 Å². The zero-order valence-electron chi connectivity index (χ0n) is 14.5. The van der Waals surface area contributed by atoms with Crippen LogP contribution in [0.5, 0.6) is 5.75 Å². The van der Waals surface area contributed by atoms with Crippen LogP contribution in [0.25, 0.3) is 0 Å². The smallest absolute Gasteiger partial charge is 0.253 e. The first-order valence-electron chi connectivity index (χ1n) is 8.19. The fraction of sp³-hybridized carbons (Fsp3) is 0.263. The molecule has 0 spiro atoms. The van der Waals surface area contributed by atoms with Gasteiger partial charge in [-0.15, -0.1) is 11.8 Å². The molecule has 0 aliphatic carbocycles. The van der Waals surface area contributed by atoms with Crippen LogP contribution in [0.1, 0.15) is 17.3 Å². The van der Waals surface area contributed by atoms with Gasteiger partial charge in [0.1, 0.15) is 12.4 Å². The molecule has 7 heteroatoms. The standard InChI is InChI=1S/C19H19BrN2O3S/c1-12-18(23)21-16-11-13(3-8-17(16)26-12)19(24)22(2)9-10-25-15-6-4-14(20)5-7-15/h3-8,11-12H,9-10H2,1-2H3,(H,21,23). The number of hydrogen-bond donors (Lipinski definition) is 1. The number of likely N-dealkylation sites (N-methyl/N-ethyl adjacent to an activating group) is 1. The molecule has 0 fully saturated rings. The number of nitrogens with one attached hydrogen (secondary N) is 1. The molecule has 0 saturated heterocycles. The third-order valence-electron chi connectivity index (χ3n) is 4.01. The fourth-order valence-electron chi connectivity index (χ4n) is 2.49. The van der Waals surface area contributed by atoms with Gasteiger partial charge in [-0.1, -0.05) is 15.9 Å². The van der Waals surface area contributed by atoms with Crippen LogP contribution < -0.4 is 10.1 Å². The molecule has 1 heterocycles. The summed E-state index contributed by atoms with van der Waals surface area (Å²) >= 11 is 4.88. The molecule has 136 valence electrons. The van der Waals surface area contributed by atoms with Gasteiger partial charge < -0.3 is 15.0 Å². The topological polar surface area (TPSA) is 58.6 Å². The maximum Gasteiger partial charge on any atom is 0.253 e. The highest BCUT2D eigenvalue weighted by atomic mass is 79.9. The second kappa shape index (κ2) is 8.14. The number of benzene rings is 2. The van der Waals surface area contributed by atoms with Crippen molar-refractivity contribution in [1.29, 1.82) is 0 Å². The summed E-state index contributed by atoms with van der Waals surface area (Å²) in [5.41, 5.74) is 1.24. The molecule has 1 atom stereocenters. The molecule has 5 nitrogen and oxygen atoms in total. The number of carbonyl (C=O) groups excluding carboxylic acids is 2. The summed E-state index contributed by atoms with van der Waals surface area (Å²) in [6.45, 7) is 2.73. The maximum absolute atomic E-state index is 12.6. The second-order valence-electron chi connectivity index (χ2n) is 5.99. The maximum atomic E-state index is 12.6. The first-order valence-corrected chi connectivity index (χ1v) is 9.86. The molecule has 0 bridgehead atoms. The van der Waals surface area contributed by atoms with Gasteiger partial charge in [0.15, 0.2) is 0 Å². The lowest BCUT2D eigenvalue weighted by Gasteiger charge is -2.23. The Kier molecular flexibility index (Phi) is 5.88. The van der Waals surface area contributed by atoms with Gasteiger partial charge in [0, 0.05) is 22.0 Å². The highest BCUT2D eigenvalue weighted by Gasteiger charge is 2.24. The van der Waals surface area contributed by atoms with Crippen LogP contribution >= 0.6 is 27.7 Å². The van der Waals surface area contributed by atoms with Crippen molar-refractivity contribution in [2.24, 2.45) is 0 Å². The normalized spacial score (nSPS) is 15.8. The van der Waals surface area contributed by atoms with Crippen LogP contribution in [-0.4, -0.2) is 42.2 Å². The number of halogens is 1. The average Bonchev–Trinajstić information content (AvgIpc) is 2.63. The van der Waals surface area contributed by atoms with E-state index in [1.165, 1.54) is 11.8 Å². The molecular formula is C19H19BrN2O3S. The van der Waals surface area contributed by atoms with Gasteiger partial charge in [-0.3, -0.25) is 9.59 Å². The third kappa shape index (κ3) is 4.40. The molecule has 1 unspecified atom stereocenters. The molecule has 0 aromatic heterocycles. The molecule has 1 N–H and O–H groups in total. The molecule has 2 aromatic carbocycles. The molecule has 2 aromatic rings. The lowest BCUT2D eigenvalue weighted by molar-refractivity contribution is -0.115. The number of hydrogen-bond acceptors (Lipinski definition) is 4. The summed E-state index contributed by atoms with van der Waals surface area (Å²) in [4.78, 5) is 27.0. The van der Waals surface area contributed by atoms with Crippen LogP contribution in [0.3, 0.4) is 0 Å². The molecule has 3 rings (SSSR count). The molecular weight excluding hydrogens is 416 g/mol. The van der Waals surface area contributed by atoms with E-state index in [9.17, 15) is 9.59 Å². The predicted octanol–water partition coefficient (Wildman–Crippen LogP) is 4.03. The Morgan fingerprint density at radius 3 is 2.73 bits per heavy atom. The van der Waals surface area contributed by atoms with E-state index in [1.807, 2.05) is 37.3 Å². The highest BCUT2D eigenvalue weighted by molar-refractivity contribution is 9.10. The van der Waals surface area contributed by atoms with Crippen LogP contribution in [0.2, 0.25) is 0 Å². The Labute approximate surface area is 165 Å². The number of anilines is 1. The van der Waals surface area contributed by atoms with Crippen molar-refractivity contribution in [2.75, 3.05) is 25.5 Å². The van der Waals surface area contributed by atoms with E-state index in [2.05, 4.69) is 21.2 Å². The van der Waals surface area contributed by atoms with Crippen LogP contribution in [-0.2, 0) is 4.79 Å². The lowest BCUT2D eigenvalue weighted by atomic mass is 10.1. The zero-order valence-corrected chi connectivity index (χ0v) is 16.9. The van der Waals surface area contributed by atoms with Crippen molar-refractivity contribution in [3.8, 4) is 5.75 Å². The monoisotopic (exact) mass is 434 g/mol. The predicted molar refractivity (Wildman–Crippen MR) is 107 cm³/mol. The van der Waals surface area contributed by atoms with E-state index in [0.717, 1.165) is 15.1 Å². The Morgan fingerprint density at radius 1 is 1.27 bits per heavy atom. The number of thioether (sulfide) groups is 1. The quantitative estimate of drug-likeness (QED) is 0.771.